The molecular formula is C26H32N6O5S. The van der Waals surface area contributed by atoms with E-state index < -0.39 is 22.0 Å². The molecule has 0 spiro atoms. The van der Waals surface area contributed by atoms with Crippen LogP contribution in [0.25, 0.3) is 11.3 Å². The Balaban J connectivity index is 1.72. The summed E-state index contributed by atoms with van der Waals surface area (Å²) >= 11 is 0. The lowest BCUT2D eigenvalue weighted by molar-refractivity contribution is 0.0981. The van der Waals surface area contributed by atoms with Gasteiger partial charge < -0.3 is 20.5 Å². The molecule has 2 atom stereocenters. The van der Waals surface area contributed by atoms with Crippen LogP contribution in [0.4, 0.5) is 11.6 Å². The number of anilines is 2. The van der Waals surface area contributed by atoms with Crippen molar-refractivity contribution in [2.75, 3.05) is 23.8 Å². The van der Waals surface area contributed by atoms with E-state index in [2.05, 4.69) is 35.5 Å². The van der Waals surface area contributed by atoms with Gasteiger partial charge in [0.05, 0.1) is 17.9 Å². The Kier molecular flexibility index (Phi) is 7.56. The van der Waals surface area contributed by atoms with Gasteiger partial charge in [0, 0.05) is 36.1 Å². The van der Waals surface area contributed by atoms with Gasteiger partial charge in [-0.15, -0.1) is 0 Å². The van der Waals surface area contributed by atoms with Crippen LogP contribution in [0.15, 0.2) is 53.7 Å². The highest BCUT2D eigenvalue weighted by Crippen LogP contribution is 2.38. The Morgan fingerprint density at radius 1 is 1.26 bits per heavy atom. The van der Waals surface area contributed by atoms with Crippen LogP contribution in [0.3, 0.4) is 0 Å². The van der Waals surface area contributed by atoms with Gasteiger partial charge in [0.2, 0.25) is 5.88 Å². The fourth-order valence-electron chi connectivity index (χ4n) is 4.66. The number of rotatable bonds is 8. The van der Waals surface area contributed by atoms with E-state index in [1.807, 2.05) is 4.90 Å². The van der Waals surface area contributed by atoms with Crippen LogP contribution in [0.5, 0.6) is 5.88 Å². The molecule has 3 aromatic rings. The van der Waals surface area contributed by atoms with Crippen molar-refractivity contribution < 1.29 is 23.1 Å². The second-order valence-corrected chi connectivity index (χ2v) is 11.8. The summed E-state index contributed by atoms with van der Waals surface area (Å²) in [5.41, 5.74) is 6.78. The topological polar surface area (TPSA) is 161 Å². The summed E-state index contributed by atoms with van der Waals surface area (Å²) in [5, 5.41) is 9.20. The fourth-order valence-corrected chi connectivity index (χ4v) is 5.71. The number of nitrogen functional groups attached to an aromatic ring is 1. The van der Waals surface area contributed by atoms with Crippen molar-refractivity contribution in [2.45, 2.75) is 50.7 Å². The van der Waals surface area contributed by atoms with Crippen molar-refractivity contribution in [1.29, 1.82) is 0 Å². The molecule has 1 aliphatic rings. The number of nitrogens with two attached hydrogens (primary N) is 1. The third kappa shape index (κ3) is 5.70. The average molecular weight is 541 g/mol. The summed E-state index contributed by atoms with van der Waals surface area (Å²) < 4.78 is 33.5. The van der Waals surface area contributed by atoms with Crippen LogP contribution in [-0.2, 0) is 10.0 Å². The van der Waals surface area contributed by atoms with Gasteiger partial charge in [-0.2, -0.15) is 0 Å². The van der Waals surface area contributed by atoms with Gasteiger partial charge in [-0.25, -0.2) is 28.1 Å². The number of pyridine rings is 3. The second kappa shape index (κ2) is 10.5. The van der Waals surface area contributed by atoms with E-state index in [4.69, 9.17) is 15.5 Å². The molecule has 4 heterocycles. The SMILES string of the molecule is C[C@@H]1CN(c2nc(-c3ccc(O[C@H](C)CO)nc3)ccc2C(=O)NS(=O)(=O)c2cccnc2N)C(C)(C)C1. The molecule has 1 aliphatic heterocycles. The highest BCUT2D eigenvalue weighted by atomic mass is 32.2. The second-order valence-electron chi connectivity index (χ2n) is 10.1. The zero-order chi connectivity index (χ0) is 27.7. The molecule has 4 rings (SSSR count). The van der Waals surface area contributed by atoms with E-state index in [1.165, 1.54) is 18.3 Å². The van der Waals surface area contributed by atoms with E-state index in [0.29, 0.717) is 35.4 Å². The maximum atomic E-state index is 13.4. The van der Waals surface area contributed by atoms with Crippen LogP contribution in [0, 0.1) is 5.92 Å². The Labute approximate surface area is 222 Å². The summed E-state index contributed by atoms with van der Waals surface area (Å²) in [6.07, 6.45) is 3.45. The molecule has 1 amide bonds. The minimum absolute atomic E-state index is 0.117. The number of aromatic nitrogens is 3. The molecule has 0 saturated carbocycles. The Hall–Kier alpha value is -3.77. The Morgan fingerprint density at radius 2 is 2.03 bits per heavy atom. The molecule has 4 N–H and O–H groups in total. The molecule has 0 aromatic carbocycles. The summed E-state index contributed by atoms with van der Waals surface area (Å²) in [6.45, 7) is 8.50. The fraction of sp³-hybridized carbons (Fsp3) is 0.385. The van der Waals surface area contributed by atoms with Crippen LogP contribution >= 0.6 is 0 Å². The van der Waals surface area contributed by atoms with E-state index in [1.54, 1.807) is 37.4 Å². The normalized spacial score (nSPS) is 17.7. The third-order valence-corrected chi connectivity index (χ3v) is 7.75. The summed E-state index contributed by atoms with van der Waals surface area (Å²) in [7, 11) is -4.27. The van der Waals surface area contributed by atoms with Crippen molar-refractivity contribution in [3.05, 3.63) is 54.4 Å². The maximum absolute atomic E-state index is 13.4. The van der Waals surface area contributed by atoms with Gasteiger partial charge in [-0.3, -0.25) is 4.79 Å². The standard InChI is InChI=1S/C26H32N6O5S/c1-16-12-26(3,4)32(14-16)24-19(25(34)31-38(35,36)21-6-5-11-28-23(21)27)8-9-20(30-24)18-7-10-22(29-13-18)37-17(2)15-33/h5-11,13,16-17,33H,12,14-15H2,1-4H3,(H2,27,28)(H,31,34)/t16-,17+/m0/s1. The first-order valence-electron chi connectivity index (χ1n) is 12.2. The lowest BCUT2D eigenvalue weighted by atomic mass is 9.97. The van der Waals surface area contributed by atoms with Gasteiger partial charge in [-0.05, 0) is 63.4 Å². The Morgan fingerprint density at radius 3 is 2.63 bits per heavy atom. The van der Waals surface area contributed by atoms with Crippen molar-refractivity contribution in [3.63, 3.8) is 0 Å². The van der Waals surface area contributed by atoms with Crippen LogP contribution < -0.4 is 20.1 Å². The number of carbonyl (C=O) groups excluding carboxylic acids is 1. The first-order chi connectivity index (χ1) is 17.9. The number of carbonyl (C=O) groups is 1. The number of sulfonamides is 1. The summed E-state index contributed by atoms with van der Waals surface area (Å²) in [6, 6.07) is 9.38. The highest BCUT2D eigenvalue weighted by molar-refractivity contribution is 7.90. The Bertz CT molecular complexity index is 1430. The van der Waals surface area contributed by atoms with Crippen molar-refractivity contribution >= 4 is 27.6 Å². The highest BCUT2D eigenvalue weighted by Gasteiger charge is 2.39. The number of aliphatic hydroxyl groups excluding tert-OH is 1. The molecule has 11 nitrogen and oxygen atoms in total. The molecular weight excluding hydrogens is 508 g/mol. The molecule has 202 valence electrons. The molecule has 12 heteroatoms. The van der Waals surface area contributed by atoms with Crippen molar-refractivity contribution in [2.24, 2.45) is 5.92 Å². The average Bonchev–Trinajstić information content (AvgIpc) is 3.15. The van der Waals surface area contributed by atoms with E-state index in [-0.39, 0.29) is 28.4 Å². The lowest BCUT2D eigenvalue weighted by Gasteiger charge is -2.34. The van der Waals surface area contributed by atoms with E-state index >= 15 is 0 Å². The molecule has 1 saturated heterocycles. The number of ether oxygens (including phenoxy) is 1. The maximum Gasteiger partial charge on any atom is 0.268 e. The number of nitrogens with zero attached hydrogens (tertiary/aromatic N) is 4. The van der Waals surface area contributed by atoms with E-state index in [0.717, 1.165) is 6.42 Å². The number of hydrogen-bond donors (Lipinski definition) is 3. The van der Waals surface area contributed by atoms with Crippen LogP contribution in [-0.4, -0.2) is 59.2 Å². The van der Waals surface area contributed by atoms with Crippen LogP contribution in [0.1, 0.15) is 44.5 Å². The minimum Gasteiger partial charge on any atom is -0.472 e. The zero-order valence-corrected chi connectivity index (χ0v) is 22.6. The quantitative estimate of drug-likeness (QED) is 0.387. The third-order valence-electron chi connectivity index (χ3n) is 6.38. The van der Waals surface area contributed by atoms with Gasteiger partial charge in [0.1, 0.15) is 22.6 Å². The molecule has 0 aliphatic carbocycles. The first-order valence-corrected chi connectivity index (χ1v) is 13.7. The number of nitrogens with one attached hydrogen (secondary N) is 1. The largest absolute Gasteiger partial charge is 0.472 e. The number of aliphatic hydroxyl groups is 1. The van der Waals surface area contributed by atoms with Crippen molar-refractivity contribution in [3.8, 4) is 17.1 Å². The summed E-state index contributed by atoms with van der Waals surface area (Å²) in [5.74, 6) is 0.0533. The summed E-state index contributed by atoms with van der Waals surface area (Å²) in [4.78, 5) is 28.0. The molecule has 1 fully saturated rings. The molecule has 0 bridgehead atoms. The smallest absolute Gasteiger partial charge is 0.268 e. The first kappa shape index (κ1) is 27.3. The molecule has 3 aromatic heterocycles. The van der Waals surface area contributed by atoms with Gasteiger partial charge in [0.15, 0.2) is 0 Å². The monoisotopic (exact) mass is 540 g/mol. The number of hydrogen-bond acceptors (Lipinski definition) is 10. The zero-order valence-electron chi connectivity index (χ0n) is 21.7. The van der Waals surface area contributed by atoms with Gasteiger partial charge in [-0.1, -0.05) is 6.92 Å². The van der Waals surface area contributed by atoms with Gasteiger partial charge >= 0.3 is 0 Å². The van der Waals surface area contributed by atoms with Gasteiger partial charge in [0.25, 0.3) is 15.9 Å². The predicted octanol–water partition coefficient (Wildman–Crippen LogP) is 2.62. The predicted molar refractivity (Wildman–Crippen MR) is 143 cm³/mol. The molecule has 0 unspecified atom stereocenters. The van der Waals surface area contributed by atoms with Crippen LogP contribution in [0.2, 0.25) is 0 Å². The molecule has 38 heavy (non-hydrogen) atoms. The van der Waals surface area contributed by atoms with E-state index in [9.17, 15) is 18.3 Å². The number of amides is 1. The molecule has 0 radical (unpaired) electrons. The minimum atomic E-state index is -4.27. The van der Waals surface area contributed by atoms with Crippen molar-refractivity contribution in [1.82, 2.24) is 19.7 Å². The lowest BCUT2D eigenvalue weighted by Crippen LogP contribution is -2.41.